The summed E-state index contributed by atoms with van der Waals surface area (Å²) in [5, 5.41) is 5.44. The summed E-state index contributed by atoms with van der Waals surface area (Å²) in [5.74, 6) is -0.587. The van der Waals surface area contributed by atoms with Gasteiger partial charge in [0.1, 0.15) is 0 Å². The number of rotatable bonds is 5. The zero-order valence-corrected chi connectivity index (χ0v) is 13.1. The number of carbonyl (C=O) groups excluding carboxylic acids is 2. The maximum atomic E-state index is 12.0. The molecular weight excluding hydrogens is 242 g/mol. The predicted octanol–water partition coefficient (Wildman–Crippen LogP) is 1.03. The molecule has 0 heterocycles. The molecule has 2 amide bonds. The first-order valence-corrected chi connectivity index (χ1v) is 6.73. The Kier molecular flexibility index (Phi) is 6.49. The highest BCUT2D eigenvalue weighted by Crippen LogP contribution is 2.23. The van der Waals surface area contributed by atoms with Crippen molar-refractivity contribution in [2.24, 2.45) is 17.1 Å². The minimum atomic E-state index is -0.291. The maximum Gasteiger partial charge on any atom is 0.239 e. The van der Waals surface area contributed by atoms with Gasteiger partial charge in [0.15, 0.2) is 0 Å². The fourth-order valence-electron chi connectivity index (χ4n) is 1.80. The van der Waals surface area contributed by atoms with Gasteiger partial charge in [-0.05, 0) is 32.6 Å². The molecule has 4 N–H and O–H groups in total. The molecule has 0 radical (unpaired) electrons. The zero-order chi connectivity index (χ0) is 15.3. The van der Waals surface area contributed by atoms with Crippen LogP contribution in [0.2, 0.25) is 0 Å². The normalized spacial score (nSPS) is 13.8. The second kappa shape index (κ2) is 6.89. The second-order valence-electron chi connectivity index (χ2n) is 7.21. The molecule has 1 atom stereocenters. The number of nitrogens with one attached hydrogen (secondary N) is 2. The van der Waals surface area contributed by atoms with Crippen molar-refractivity contribution in [1.82, 2.24) is 10.6 Å². The molecule has 0 bridgehead atoms. The molecule has 0 rings (SSSR count). The lowest BCUT2D eigenvalue weighted by molar-refractivity contribution is -0.129. The van der Waals surface area contributed by atoms with Gasteiger partial charge in [0, 0.05) is 12.1 Å². The van der Waals surface area contributed by atoms with Gasteiger partial charge in [-0.2, -0.15) is 0 Å². The Hall–Kier alpha value is -1.10. The summed E-state index contributed by atoms with van der Waals surface area (Å²) in [4.78, 5) is 23.6. The van der Waals surface area contributed by atoms with Crippen molar-refractivity contribution in [3.05, 3.63) is 0 Å². The summed E-state index contributed by atoms with van der Waals surface area (Å²) < 4.78 is 0. The molecule has 0 fully saturated rings. The minimum Gasteiger partial charge on any atom is -0.350 e. The molecule has 0 aromatic rings. The molecule has 0 aromatic heterocycles. The van der Waals surface area contributed by atoms with Crippen molar-refractivity contribution in [2.45, 2.75) is 53.5 Å². The van der Waals surface area contributed by atoms with Crippen LogP contribution in [0.3, 0.4) is 0 Å². The van der Waals surface area contributed by atoms with E-state index in [1.807, 2.05) is 20.8 Å². The molecule has 19 heavy (non-hydrogen) atoms. The Morgan fingerprint density at radius 3 is 2.00 bits per heavy atom. The van der Waals surface area contributed by atoms with Crippen LogP contribution in [0.5, 0.6) is 0 Å². The molecule has 0 aliphatic rings. The van der Waals surface area contributed by atoms with E-state index in [2.05, 4.69) is 31.4 Å². The number of nitrogens with two attached hydrogens (primary N) is 1. The lowest BCUT2D eigenvalue weighted by Crippen LogP contribution is -2.47. The van der Waals surface area contributed by atoms with E-state index in [-0.39, 0.29) is 35.2 Å². The number of carbonyl (C=O) groups is 2. The molecule has 0 saturated carbocycles. The van der Waals surface area contributed by atoms with Crippen LogP contribution in [0.1, 0.15) is 48.0 Å². The summed E-state index contributed by atoms with van der Waals surface area (Å²) in [6.07, 6.45) is 0.705. The van der Waals surface area contributed by atoms with Crippen LogP contribution in [-0.4, -0.2) is 30.4 Å². The quantitative estimate of drug-likeness (QED) is 0.698. The van der Waals surface area contributed by atoms with Crippen molar-refractivity contribution in [1.29, 1.82) is 0 Å². The number of hydrogen-bond acceptors (Lipinski definition) is 3. The summed E-state index contributed by atoms with van der Waals surface area (Å²) in [6, 6.07) is 0. The largest absolute Gasteiger partial charge is 0.350 e. The maximum absolute atomic E-state index is 12.0. The van der Waals surface area contributed by atoms with Gasteiger partial charge >= 0.3 is 0 Å². The third-order valence-electron chi connectivity index (χ3n) is 2.45. The van der Waals surface area contributed by atoms with Crippen molar-refractivity contribution in [3.63, 3.8) is 0 Å². The van der Waals surface area contributed by atoms with Crippen LogP contribution in [0.15, 0.2) is 0 Å². The topological polar surface area (TPSA) is 84.2 Å². The van der Waals surface area contributed by atoms with Gasteiger partial charge in [0.05, 0.1) is 12.5 Å². The van der Waals surface area contributed by atoms with Gasteiger partial charge in [-0.25, -0.2) is 0 Å². The Bertz CT molecular complexity index is 314. The first-order chi connectivity index (χ1) is 8.44. The van der Waals surface area contributed by atoms with Crippen LogP contribution >= 0.6 is 0 Å². The first kappa shape index (κ1) is 17.9. The van der Waals surface area contributed by atoms with Crippen molar-refractivity contribution < 1.29 is 9.59 Å². The average Bonchev–Trinajstić information content (AvgIpc) is 2.18. The highest BCUT2D eigenvalue weighted by atomic mass is 16.2. The van der Waals surface area contributed by atoms with Crippen LogP contribution < -0.4 is 16.4 Å². The molecule has 5 heteroatoms. The van der Waals surface area contributed by atoms with Gasteiger partial charge in [0.25, 0.3) is 0 Å². The monoisotopic (exact) mass is 271 g/mol. The highest BCUT2D eigenvalue weighted by Gasteiger charge is 2.24. The molecule has 1 unspecified atom stereocenters. The van der Waals surface area contributed by atoms with Crippen molar-refractivity contribution in [2.75, 3.05) is 13.1 Å². The second-order valence-corrected chi connectivity index (χ2v) is 7.21. The van der Waals surface area contributed by atoms with Crippen molar-refractivity contribution >= 4 is 11.8 Å². The standard InChI is InChI=1S/C14H29N3O2/c1-13(2,3)7-10(8-15)12(19)16-9-11(18)17-14(4,5)6/h10H,7-9,15H2,1-6H3,(H,16,19)(H,17,18). The summed E-state index contributed by atoms with van der Waals surface area (Å²) in [7, 11) is 0. The Morgan fingerprint density at radius 1 is 1.11 bits per heavy atom. The number of hydrogen-bond donors (Lipinski definition) is 3. The molecule has 112 valence electrons. The molecule has 5 nitrogen and oxygen atoms in total. The van der Waals surface area contributed by atoms with Gasteiger partial charge in [-0.3, -0.25) is 9.59 Å². The SMILES string of the molecule is CC(C)(C)CC(CN)C(=O)NCC(=O)NC(C)(C)C. The predicted molar refractivity (Wildman–Crippen MR) is 77.5 cm³/mol. The van der Waals surface area contributed by atoms with Gasteiger partial charge in [-0.15, -0.1) is 0 Å². The van der Waals surface area contributed by atoms with E-state index in [4.69, 9.17) is 5.73 Å². The zero-order valence-electron chi connectivity index (χ0n) is 13.1. The van der Waals surface area contributed by atoms with E-state index < -0.39 is 0 Å². The van der Waals surface area contributed by atoms with E-state index in [0.717, 1.165) is 0 Å². The Labute approximate surface area is 116 Å². The molecule has 0 aliphatic heterocycles. The third kappa shape index (κ3) is 9.47. The average molecular weight is 271 g/mol. The molecule has 0 spiro atoms. The lowest BCUT2D eigenvalue weighted by atomic mass is 9.84. The third-order valence-corrected chi connectivity index (χ3v) is 2.45. The fraction of sp³-hybridized carbons (Fsp3) is 0.857. The van der Waals surface area contributed by atoms with Crippen LogP contribution in [0, 0.1) is 11.3 Å². The summed E-state index contributed by atoms with van der Waals surface area (Å²) in [6.45, 7) is 12.2. The highest BCUT2D eigenvalue weighted by molar-refractivity contribution is 5.86. The van der Waals surface area contributed by atoms with Crippen LogP contribution in [0.25, 0.3) is 0 Å². The Morgan fingerprint density at radius 2 is 1.63 bits per heavy atom. The Balaban J connectivity index is 4.25. The molecular formula is C14H29N3O2. The van der Waals surface area contributed by atoms with E-state index in [1.165, 1.54) is 0 Å². The lowest BCUT2D eigenvalue weighted by Gasteiger charge is -2.25. The van der Waals surface area contributed by atoms with Gasteiger partial charge in [-0.1, -0.05) is 20.8 Å². The van der Waals surface area contributed by atoms with Crippen LogP contribution in [0.4, 0.5) is 0 Å². The van der Waals surface area contributed by atoms with E-state index in [1.54, 1.807) is 0 Å². The number of amides is 2. The van der Waals surface area contributed by atoms with E-state index in [0.29, 0.717) is 13.0 Å². The fourth-order valence-corrected chi connectivity index (χ4v) is 1.80. The van der Waals surface area contributed by atoms with Gasteiger partial charge in [0.2, 0.25) is 11.8 Å². The van der Waals surface area contributed by atoms with E-state index >= 15 is 0 Å². The van der Waals surface area contributed by atoms with Crippen LogP contribution in [-0.2, 0) is 9.59 Å². The summed E-state index contributed by atoms with van der Waals surface area (Å²) >= 11 is 0. The van der Waals surface area contributed by atoms with Gasteiger partial charge < -0.3 is 16.4 Å². The molecule has 0 saturated heterocycles. The van der Waals surface area contributed by atoms with E-state index in [9.17, 15) is 9.59 Å². The molecule has 0 aromatic carbocycles. The van der Waals surface area contributed by atoms with Crippen molar-refractivity contribution in [3.8, 4) is 0 Å². The first-order valence-electron chi connectivity index (χ1n) is 6.73. The minimum absolute atomic E-state index is 0.00323. The molecule has 0 aliphatic carbocycles. The smallest absolute Gasteiger partial charge is 0.239 e. The summed E-state index contributed by atoms with van der Waals surface area (Å²) in [5.41, 5.74) is 5.37.